The largest absolute Gasteiger partial charge is 0.401 e. The molecule has 3 aromatic heterocycles. The van der Waals surface area contributed by atoms with Crippen LogP contribution >= 0.6 is 0 Å². The highest BCUT2D eigenvalue weighted by Gasteiger charge is 2.36. The number of hydrogen-bond donors (Lipinski definition) is 0. The zero-order chi connectivity index (χ0) is 12.4. The van der Waals surface area contributed by atoms with Crippen molar-refractivity contribution in [2.45, 2.75) is 6.54 Å². The van der Waals surface area contributed by atoms with E-state index in [-0.39, 0.29) is 0 Å². The predicted molar refractivity (Wildman–Crippen MR) is 68.5 cm³/mol. The first-order valence-corrected chi connectivity index (χ1v) is 6.20. The van der Waals surface area contributed by atoms with Crippen molar-refractivity contribution in [3.8, 4) is 11.5 Å². The van der Waals surface area contributed by atoms with Crippen LogP contribution in [-0.4, -0.2) is 4.98 Å². The van der Waals surface area contributed by atoms with Gasteiger partial charge in [-0.15, -0.1) is 4.57 Å². The van der Waals surface area contributed by atoms with Crippen LogP contribution in [0.15, 0.2) is 51.4 Å². The van der Waals surface area contributed by atoms with Crippen molar-refractivity contribution in [2.75, 3.05) is 0 Å². The molecule has 4 heterocycles. The van der Waals surface area contributed by atoms with Crippen molar-refractivity contribution in [3.05, 3.63) is 48.2 Å². The quantitative estimate of drug-likeness (QED) is 0.396. The van der Waals surface area contributed by atoms with Gasteiger partial charge in [0.1, 0.15) is 5.39 Å². The monoisotopic (exact) mass is 249 g/mol. The molecule has 1 aromatic carbocycles. The summed E-state index contributed by atoms with van der Waals surface area (Å²) in [5.74, 6) is 1.42. The second-order valence-corrected chi connectivity index (χ2v) is 4.74. The van der Waals surface area contributed by atoms with Crippen LogP contribution in [0, 0.1) is 0 Å². The number of oxazole rings is 1. The average Bonchev–Trinajstić information content (AvgIpc) is 3.05. The molecule has 4 nitrogen and oxygen atoms in total. The second-order valence-electron chi connectivity index (χ2n) is 4.74. The molecule has 1 aliphatic rings. The fraction of sp³-hybridized carbons (Fsp3) is 0.0667. The Morgan fingerprint density at radius 1 is 1.05 bits per heavy atom. The number of aromatic nitrogens is 2. The van der Waals surface area contributed by atoms with E-state index in [1.807, 2.05) is 18.2 Å². The third-order valence-electron chi connectivity index (χ3n) is 3.69. The van der Waals surface area contributed by atoms with Crippen LogP contribution in [0.4, 0.5) is 0 Å². The van der Waals surface area contributed by atoms with E-state index >= 15 is 0 Å². The van der Waals surface area contributed by atoms with Crippen LogP contribution in [0.25, 0.3) is 33.9 Å². The molecule has 0 atom stereocenters. The number of fused-ring (bicyclic) bond motifs is 7. The molecular formula is C15H9N2O2+. The summed E-state index contributed by atoms with van der Waals surface area (Å²) in [4.78, 5) is 4.23. The van der Waals surface area contributed by atoms with E-state index in [1.54, 1.807) is 6.20 Å². The molecule has 0 aliphatic carbocycles. The SMILES string of the molecule is c1ccc2c(c1)C[n+]1c-2oc2oc3ncccc3c21. The van der Waals surface area contributed by atoms with Crippen LogP contribution in [0.2, 0.25) is 0 Å². The Balaban J connectivity index is 1.94. The highest BCUT2D eigenvalue weighted by Crippen LogP contribution is 2.34. The van der Waals surface area contributed by atoms with Gasteiger partial charge in [-0.2, -0.15) is 0 Å². The van der Waals surface area contributed by atoms with E-state index in [9.17, 15) is 0 Å². The van der Waals surface area contributed by atoms with Gasteiger partial charge in [0.05, 0.1) is 5.56 Å². The second kappa shape index (κ2) is 3.03. The molecule has 0 fully saturated rings. The van der Waals surface area contributed by atoms with Crippen molar-refractivity contribution in [3.63, 3.8) is 0 Å². The Labute approximate surface area is 107 Å². The number of rotatable bonds is 0. The Morgan fingerprint density at radius 3 is 3.00 bits per heavy atom. The minimum absolute atomic E-state index is 0.554. The summed E-state index contributed by atoms with van der Waals surface area (Å²) in [5, 5.41) is 1.00. The van der Waals surface area contributed by atoms with E-state index in [4.69, 9.17) is 8.83 Å². The van der Waals surface area contributed by atoms with Crippen molar-refractivity contribution in [2.24, 2.45) is 0 Å². The zero-order valence-corrected chi connectivity index (χ0v) is 9.96. The van der Waals surface area contributed by atoms with Crippen LogP contribution in [0.3, 0.4) is 0 Å². The van der Waals surface area contributed by atoms with Crippen LogP contribution in [-0.2, 0) is 6.54 Å². The van der Waals surface area contributed by atoms with Crippen molar-refractivity contribution in [1.29, 1.82) is 0 Å². The maximum absolute atomic E-state index is 5.88. The molecule has 0 radical (unpaired) electrons. The highest BCUT2D eigenvalue weighted by atomic mass is 16.5. The number of pyridine rings is 1. The van der Waals surface area contributed by atoms with Gasteiger partial charge >= 0.3 is 17.2 Å². The lowest BCUT2D eigenvalue weighted by Gasteiger charge is -1.88. The average molecular weight is 249 g/mol. The Morgan fingerprint density at radius 2 is 2.00 bits per heavy atom. The Kier molecular flexibility index (Phi) is 1.49. The van der Waals surface area contributed by atoms with Crippen molar-refractivity contribution >= 4 is 22.4 Å². The number of benzene rings is 1. The third-order valence-corrected chi connectivity index (χ3v) is 3.69. The third kappa shape index (κ3) is 1.04. The molecule has 1 aliphatic heterocycles. The molecule has 5 rings (SSSR count). The summed E-state index contributed by atoms with van der Waals surface area (Å²) in [7, 11) is 0. The summed E-state index contributed by atoms with van der Waals surface area (Å²) < 4.78 is 13.7. The van der Waals surface area contributed by atoms with E-state index in [0.29, 0.717) is 11.5 Å². The maximum atomic E-state index is 5.88. The predicted octanol–water partition coefficient (Wildman–Crippen LogP) is 2.89. The van der Waals surface area contributed by atoms with Crippen LogP contribution in [0.5, 0.6) is 0 Å². The van der Waals surface area contributed by atoms with Gasteiger partial charge in [-0.1, -0.05) is 18.2 Å². The van der Waals surface area contributed by atoms with Gasteiger partial charge in [0.2, 0.25) is 5.71 Å². The van der Waals surface area contributed by atoms with Gasteiger partial charge in [-0.05, 0) is 18.2 Å². The van der Waals surface area contributed by atoms with E-state index in [0.717, 1.165) is 28.9 Å². The smallest absolute Gasteiger partial charge is 0.384 e. The summed E-state index contributed by atoms with van der Waals surface area (Å²) in [6.45, 7) is 0.821. The number of hydrogen-bond acceptors (Lipinski definition) is 3. The van der Waals surface area contributed by atoms with E-state index < -0.39 is 0 Å². The van der Waals surface area contributed by atoms with Gasteiger partial charge in [0.25, 0.3) is 0 Å². The molecule has 0 amide bonds. The molecule has 90 valence electrons. The lowest BCUT2D eigenvalue weighted by molar-refractivity contribution is -0.648. The number of furan rings is 1. The number of nitrogens with zero attached hydrogens (tertiary/aromatic N) is 2. The Bertz CT molecular complexity index is 949. The summed E-state index contributed by atoms with van der Waals surface area (Å²) in [6, 6.07) is 12.2. The van der Waals surface area contributed by atoms with Gasteiger partial charge in [0.15, 0.2) is 6.54 Å². The minimum Gasteiger partial charge on any atom is -0.401 e. The lowest BCUT2D eigenvalue weighted by atomic mass is 10.1. The summed E-state index contributed by atoms with van der Waals surface area (Å²) >= 11 is 0. The fourth-order valence-corrected chi connectivity index (χ4v) is 2.86. The van der Waals surface area contributed by atoms with E-state index in [1.165, 1.54) is 5.56 Å². The summed E-state index contributed by atoms with van der Waals surface area (Å²) in [5.41, 5.74) is 4.05. The summed E-state index contributed by atoms with van der Waals surface area (Å²) in [6.07, 6.45) is 1.73. The first-order valence-electron chi connectivity index (χ1n) is 6.20. The standard InChI is InChI=1S/C15H9N2O2/c1-2-5-10-9(4-1)8-17-12-11-6-3-7-16-13(11)18-15(12)19-14(10)17/h1-7H,8H2/q+1. The molecule has 0 saturated heterocycles. The maximum Gasteiger partial charge on any atom is 0.384 e. The molecule has 0 saturated carbocycles. The molecule has 0 unspecified atom stereocenters. The van der Waals surface area contributed by atoms with Crippen LogP contribution in [0.1, 0.15) is 5.56 Å². The first kappa shape index (κ1) is 9.33. The van der Waals surface area contributed by atoms with E-state index in [2.05, 4.69) is 27.8 Å². The molecule has 0 N–H and O–H groups in total. The van der Waals surface area contributed by atoms with Crippen molar-refractivity contribution in [1.82, 2.24) is 4.98 Å². The van der Waals surface area contributed by atoms with Crippen molar-refractivity contribution < 1.29 is 13.4 Å². The molecule has 0 bridgehead atoms. The van der Waals surface area contributed by atoms with Gasteiger partial charge in [0, 0.05) is 11.8 Å². The zero-order valence-electron chi connectivity index (χ0n) is 9.96. The molecule has 4 heteroatoms. The molecule has 4 aromatic rings. The topological polar surface area (TPSA) is 43.0 Å². The lowest BCUT2D eigenvalue weighted by Crippen LogP contribution is -2.30. The van der Waals surface area contributed by atoms with Gasteiger partial charge in [-0.25, -0.2) is 4.98 Å². The minimum atomic E-state index is 0.554. The first-order chi connectivity index (χ1) is 9.42. The molecule has 19 heavy (non-hydrogen) atoms. The van der Waals surface area contributed by atoms with Gasteiger partial charge < -0.3 is 8.83 Å². The molecular weight excluding hydrogens is 240 g/mol. The normalized spacial score (nSPS) is 13.1. The fourth-order valence-electron chi connectivity index (χ4n) is 2.86. The van der Waals surface area contributed by atoms with Crippen LogP contribution < -0.4 is 4.57 Å². The highest BCUT2D eigenvalue weighted by molar-refractivity contribution is 5.97. The Hall–Kier alpha value is -2.62. The molecule has 0 spiro atoms. The van der Waals surface area contributed by atoms with Gasteiger partial charge in [-0.3, -0.25) is 0 Å².